The fourth-order valence-electron chi connectivity index (χ4n) is 5.01. The summed E-state index contributed by atoms with van der Waals surface area (Å²) in [6.45, 7) is 20.2. The third-order valence-electron chi connectivity index (χ3n) is 9.21. The maximum absolute atomic E-state index is 12.7. The first-order valence-corrected chi connectivity index (χ1v) is 20.7. The van der Waals surface area contributed by atoms with Crippen LogP contribution < -0.4 is 9.16 Å². The predicted octanol–water partition coefficient (Wildman–Crippen LogP) is 6.58. The Bertz CT molecular complexity index is 1300. The molecule has 0 aromatic heterocycles. The zero-order chi connectivity index (χ0) is 38.0. The van der Waals surface area contributed by atoms with Gasteiger partial charge < -0.3 is 37.6 Å². The van der Waals surface area contributed by atoms with Crippen molar-refractivity contribution in [2.24, 2.45) is 17.0 Å². The Labute approximate surface area is 303 Å². The molecule has 0 spiro atoms. The van der Waals surface area contributed by atoms with E-state index in [1.54, 1.807) is 0 Å². The van der Waals surface area contributed by atoms with E-state index in [1.807, 2.05) is 32.0 Å². The van der Waals surface area contributed by atoms with Crippen LogP contribution in [0.1, 0.15) is 73.3 Å². The van der Waals surface area contributed by atoms with Crippen molar-refractivity contribution in [1.82, 2.24) is 0 Å². The van der Waals surface area contributed by atoms with Crippen LogP contribution in [-0.2, 0) is 49.2 Å². The van der Waals surface area contributed by atoms with Gasteiger partial charge in [-0.2, -0.15) is 0 Å². The number of aryl methyl sites for hydroxylation is 1. The Morgan fingerprint density at radius 1 is 0.902 bits per heavy atom. The molecule has 1 saturated heterocycles. The van der Waals surface area contributed by atoms with Crippen LogP contribution in [0.2, 0.25) is 18.1 Å². The highest BCUT2D eigenvalue weighted by Crippen LogP contribution is 2.42. The molecule has 0 N–H and O–H groups in total. The van der Waals surface area contributed by atoms with Gasteiger partial charge in [0.15, 0.2) is 5.75 Å². The third-order valence-corrected chi connectivity index (χ3v) is 13.5. The molecule has 14 nitrogen and oxygen atoms in total. The van der Waals surface area contributed by atoms with E-state index >= 15 is 0 Å². The van der Waals surface area contributed by atoms with E-state index < -0.39 is 38.8 Å². The second-order valence-corrected chi connectivity index (χ2v) is 19.1. The number of hydrogen-bond donors (Lipinski definition) is 0. The van der Waals surface area contributed by atoms with Crippen molar-refractivity contribution in [2.75, 3.05) is 52.8 Å². The molecule has 1 aromatic carbocycles. The molecule has 0 aliphatic carbocycles. The first-order valence-electron chi connectivity index (χ1n) is 17.8. The van der Waals surface area contributed by atoms with Gasteiger partial charge in [-0.15, -0.1) is 0 Å². The van der Waals surface area contributed by atoms with Crippen LogP contribution in [-0.4, -0.2) is 97.3 Å². The van der Waals surface area contributed by atoms with Crippen LogP contribution in [0, 0.1) is 11.8 Å². The molecule has 288 valence electrons. The van der Waals surface area contributed by atoms with Crippen molar-refractivity contribution in [1.29, 1.82) is 0 Å². The van der Waals surface area contributed by atoms with E-state index in [1.165, 1.54) is 13.8 Å². The molecule has 51 heavy (non-hydrogen) atoms. The van der Waals surface area contributed by atoms with Crippen LogP contribution in [0.3, 0.4) is 0 Å². The number of benzene rings is 1. The number of carbonyl (C=O) groups excluding carboxylic acids is 3. The average Bonchev–Trinajstić information content (AvgIpc) is 3.05. The summed E-state index contributed by atoms with van der Waals surface area (Å²) in [5.41, 5.74) is 9.17. The number of hydrogen-bond acceptors (Lipinski definition) is 12. The van der Waals surface area contributed by atoms with Gasteiger partial charge in [0.25, 0.3) is 8.32 Å². The standard InChI is InChI=1S/C36H59N3O11Si/c1-25-26(2)35(49-33(24-46-27(3)40)34(25)47-28(4)41)48-31-15-13-29(23-32(31)50-51(8,9)36(5,6)7)12-14-30(42)11-10-17-43-19-21-45-22-20-44-18-16-38-39-37/h13,15,23,25-26,33-35H,10-12,14,16-22,24H2,1-9H3/t25-,26-,33-,34-,35-/m1/s1. The summed E-state index contributed by atoms with van der Waals surface area (Å²) < 4.78 is 46.7. The maximum Gasteiger partial charge on any atom is 0.303 e. The van der Waals surface area contributed by atoms with E-state index in [0.29, 0.717) is 83.4 Å². The van der Waals surface area contributed by atoms with Crippen molar-refractivity contribution < 1.29 is 52.0 Å². The molecule has 1 aliphatic heterocycles. The number of ether oxygens (including phenoxy) is 7. The molecule has 0 saturated carbocycles. The molecule has 0 radical (unpaired) electrons. The van der Waals surface area contributed by atoms with Gasteiger partial charge in [-0.3, -0.25) is 14.4 Å². The average molecular weight is 738 g/mol. The molecule has 0 amide bonds. The van der Waals surface area contributed by atoms with Gasteiger partial charge in [-0.05, 0) is 54.2 Å². The first kappa shape index (κ1) is 44.0. The number of azide groups is 1. The lowest BCUT2D eigenvalue weighted by molar-refractivity contribution is -0.248. The monoisotopic (exact) mass is 737 g/mol. The minimum absolute atomic E-state index is 0.0794. The molecule has 5 atom stereocenters. The fraction of sp³-hybridized carbons (Fsp3) is 0.750. The maximum atomic E-state index is 12.7. The minimum atomic E-state index is -2.30. The van der Waals surface area contributed by atoms with Gasteiger partial charge >= 0.3 is 11.9 Å². The number of rotatable bonds is 23. The lowest BCUT2D eigenvalue weighted by Crippen LogP contribution is -2.54. The molecule has 15 heteroatoms. The molecule has 1 fully saturated rings. The lowest BCUT2D eigenvalue weighted by atomic mass is 9.84. The Morgan fingerprint density at radius 2 is 1.55 bits per heavy atom. The van der Waals surface area contributed by atoms with Crippen molar-refractivity contribution >= 4 is 26.0 Å². The molecular formula is C36H59N3O11Si. The molecular weight excluding hydrogens is 678 g/mol. The largest absolute Gasteiger partial charge is 0.541 e. The van der Waals surface area contributed by atoms with Gasteiger partial charge in [0.05, 0.1) is 33.0 Å². The topological polar surface area (TPSA) is 174 Å². The van der Waals surface area contributed by atoms with Crippen molar-refractivity contribution in [2.45, 2.75) is 111 Å². The normalized spacial score (nSPS) is 20.6. The molecule has 2 rings (SSSR count). The van der Waals surface area contributed by atoms with Gasteiger partial charge in [0, 0.05) is 56.6 Å². The minimum Gasteiger partial charge on any atom is -0.541 e. The van der Waals surface area contributed by atoms with Gasteiger partial charge in [0.1, 0.15) is 30.3 Å². The summed E-state index contributed by atoms with van der Waals surface area (Å²) in [5, 5.41) is 3.31. The van der Waals surface area contributed by atoms with Crippen LogP contribution in [0.25, 0.3) is 10.4 Å². The Kier molecular flexibility index (Phi) is 19.0. The van der Waals surface area contributed by atoms with E-state index in [2.05, 4.69) is 43.9 Å². The second-order valence-electron chi connectivity index (χ2n) is 14.3. The molecule has 1 aliphatic rings. The summed E-state index contributed by atoms with van der Waals surface area (Å²) in [4.78, 5) is 38.9. The van der Waals surface area contributed by atoms with E-state index in [4.69, 9.17) is 43.1 Å². The Morgan fingerprint density at radius 3 is 2.16 bits per heavy atom. The highest BCUT2D eigenvalue weighted by Gasteiger charge is 2.46. The summed E-state index contributed by atoms with van der Waals surface area (Å²) in [6.07, 6.45) is -0.0667. The molecule has 1 aromatic rings. The smallest absolute Gasteiger partial charge is 0.303 e. The zero-order valence-corrected chi connectivity index (χ0v) is 32.9. The van der Waals surface area contributed by atoms with Crippen LogP contribution in [0.5, 0.6) is 11.5 Å². The summed E-state index contributed by atoms with van der Waals surface area (Å²) in [7, 11) is -2.30. The van der Waals surface area contributed by atoms with Gasteiger partial charge in [-0.1, -0.05) is 45.8 Å². The van der Waals surface area contributed by atoms with Crippen molar-refractivity contribution in [3.8, 4) is 11.5 Å². The Balaban J connectivity index is 2.00. The number of carbonyl (C=O) groups is 3. The number of Topliss-reactive ketones (excluding diaryl/α,β-unsaturated/α-hetero) is 1. The van der Waals surface area contributed by atoms with E-state index in [-0.39, 0.29) is 29.3 Å². The van der Waals surface area contributed by atoms with Crippen molar-refractivity contribution in [3.63, 3.8) is 0 Å². The Hall–Kier alpha value is -3.20. The first-order chi connectivity index (χ1) is 24.1. The second kappa shape index (κ2) is 22.0. The molecule has 1 heterocycles. The van der Waals surface area contributed by atoms with E-state index in [9.17, 15) is 14.4 Å². The van der Waals surface area contributed by atoms with Gasteiger partial charge in [0.2, 0.25) is 6.29 Å². The van der Waals surface area contributed by atoms with Crippen LogP contribution in [0.15, 0.2) is 23.3 Å². The predicted molar refractivity (Wildman–Crippen MR) is 193 cm³/mol. The summed E-state index contributed by atoms with van der Waals surface area (Å²) in [5.74, 6) is 0.00868. The van der Waals surface area contributed by atoms with Crippen LogP contribution >= 0.6 is 0 Å². The SMILES string of the molecule is CC(=O)OC[C@H]1O[C@@H](Oc2ccc(CCC(=O)CCCOCCOCCOCCN=[N+]=[N-])cc2O[Si](C)(C)C(C)(C)C)[C@H](C)[C@@H](C)[C@H]1OC(C)=O. The number of ketones is 1. The fourth-order valence-corrected chi connectivity index (χ4v) is 6.03. The van der Waals surface area contributed by atoms with Crippen LogP contribution in [0.4, 0.5) is 0 Å². The quantitative estimate of drug-likeness (QED) is 0.0296. The lowest BCUT2D eigenvalue weighted by Gasteiger charge is -2.43. The highest BCUT2D eigenvalue weighted by atomic mass is 28.4. The number of esters is 2. The van der Waals surface area contributed by atoms with Gasteiger partial charge in [-0.25, -0.2) is 0 Å². The highest BCUT2D eigenvalue weighted by molar-refractivity contribution is 6.74. The third kappa shape index (κ3) is 15.9. The summed E-state index contributed by atoms with van der Waals surface area (Å²) >= 11 is 0. The van der Waals surface area contributed by atoms with E-state index in [0.717, 1.165) is 5.56 Å². The zero-order valence-electron chi connectivity index (χ0n) is 31.9. The molecule has 0 bridgehead atoms. The summed E-state index contributed by atoms with van der Waals surface area (Å²) in [6, 6.07) is 5.74. The number of nitrogens with zero attached hydrogens (tertiary/aromatic N) is 3. The molecule has 0 unspecified atom stereocenters. The van der Waals surface area contributed by atoms with Crippen molar-refractivity contribution in [3.05, 3.63) is 34.2 Å².